The van der Waals surface area contributed by atoms with Crippen LogP contribution >= 0.6 is 0 Å². The molecule has 0 aromatic rings. The first-order valence-corrected chi connectivity index (χ1v) is 5.50. The fourth-order valence-corrected chi connectivity index (χ4v) is 2.02. The first kappa shape index (κ1) is 9.93. The lowest BCUT2D eigenvalue weighted by atomic mass is 10.4. The molecule has 4 nitrogen and oxygen atoms in total. The van der Waals surface area contributed by atoms with Gasteiger partial charge in [-0.3, -0.25) is 4.99 Å². The van der Waals surface area contributed by atoms with E-state index in [2.05, 4.69) is 19.5 Å². The maximum absolute atomic E-state index is 4.65. The number of hydrogen-bond acceptors (Lipinski definition) is 4. The molecule has 0 saturated carbocycles. The van der Waals surface area contributed by atoms with Crippen LogP contribution in [0.1, 0.15) is 6.42 Å². The molecule has 14 heavy (non-hydrogen) atoms. The number of nitrogens with zero attached hydrogens (tertiary/aromatic N) is 3. The van der Waals surface area contributed by atoms with Crippen LogP contribution in [-0.2, 0) is 4.74 Å². The van der Waals surface area contributed by atoms with Gasteiger partial charge in [0.15, 0.2) is 6.40 Å². The first-order valence-electron chi connectivity index (χ1n) is 5.50. The summed E-state index contributed by atoms with van der Waals surface area (Å²) in [6.07, 6.45) is 2.88. The highest BCUT2D eigenvalue weighted by Crippen LogP contribution is 2.07. The highest BCUT2D eigenvalue weighted by molar-refractivity contribution is 5.47. The predicted octanol–water partition coefficient (Wildman–Crippen LogP) is 0.0526. The summed E-state index contributed by atoms with van der Waals surface area (Å²) >= 11 is 0. The summed E-state index contributed by atoms with van der Waals surface area (Å²) in [4.78, 5) is 8.88. The number of hydrogen-bond donors (Lipinski definition) is 0. The molecule has 4 heterocycles. The van der Waals surface area contributed by atoms with Crippen LogP contribution in [-0.4, -0.2) is 68.6 Å². The van der Waals surface area contributed by atoms with Crippen molar-refractivity contribution < 1.29 is 4.74 Å². The molecule has 0 radical (unpaired) electrons. The van der Waals surface area contributed by atoms with E-state index < -0.39 is 0 Å². The molecule has 80 valence electrons. The number of aliphatic imine (C=N–C) groups is 1. The van der Waals surface area contributed by atoms with Crippen molar-refractivity contribution in [2.45, 2.75) is 6.42 Å². The maximum Gasteiger partial charge on any atom is 0.169 e. The molecule has 0 atom stereocenters. The zero-order valence-corrected chi connectivity index (χ0v) is 8.69. The van der Waals surface area contributed by atoms with Gasteiger partial charge in [-0.05, 0) is 19.5 Å². The molecule has 4 rings (SSSR count). The van der Waals surface area contributed by atoms with Crippen molar-refractivity contribution in [3.8, 4) is 0 Å². The molecule has 0 aliphatic carbocycles. The Morgan fingerprint density at radius 3 is 1.93 bits per heavy atom. The molecule has 0 unspecified atom stereocenters. The number of piperazine rings is 1. The second-order valence-corrected chi connectivity index (χ2v) is 3.92. The van der Waals surface area contributed by atoms with E-state index in [1.807, 2.05) is 0 Å². The van der Waals surface area contributed by atoms with Crippen LogP contribution in [0.3, 0.4) is 0 Å². The van der Waals surface area contributed by atoms with E-state index in [0.717, 1.165) is 13.2 Å². The minimum atomic E-state index is 0.778. The first-order chi connectivity index (χ1) is 6.95. The Bertz CT molecular complexity index is 164. The Labute approximate surface area is 85.5 Å². The standard InChI is InChI=1S/C7H14N2.C3H5NO/c1-2-8-4-6-9(3-1)7-5-8;1-2-5-3-4-1/h1-7H2;3H,1-2H2. The smallest absolute Gasteiger partial charge is 0.169 e. The second-order valence-electron chi connectivity index (χ2n) is 3.92. The van der Waals surface area contributed by atoms with Crippen molar-refractivity contribution in [1.82, 2.24) is 9.80 Å². The van der Waals surface area contributed by atoms with Gasteiger partial charge in [-0.15, -0.1) is 0 Å². The van der Waals surface area contributed by atoms with Crippen LogP contribution in [0.2, 0.25) is 0 Å². The highest BCUT2D eigenvalue weighted by Gasteiger charge is 2.19. The molecule has 0 N–H and O–H groups in total. The third-order valence-electron chi connectivity index (χ3n) is 2.90. The van der Waals surface area contributed by atoms with E-state index in [9.17, 15) is 0 Å². The monoisotopic (exact) mass is 197 g/mol. The van der Waals surface area contributed by atoms with Gasteiger partial charge in [0.2, 0.25) is 0 Å². The lowest BCUT2D eigenvalue weighted by molar-refractivity contribution is 0.181. The van der Waals surface area contributed by atoms with Crippen LogP contribution in [0.15, 0.2) is 4.99 Å². The summed E-state index contributed by atoms with van der Waals surface area (Å²) in [6, 6.07) is 0. The molecule has 3 fully saturated rings. The molecule has 4 aliphatic heterocycles. The van der Waals surface area contributed by atoms with Gasteiger partial charge in [0, 0.05) is 26.2 Å². The highest BCUT2D eigenvalue weighted by atomic mass is 16.5. The lowest BCUT2D eigenvalue weighted by Gasteiger charge is -2.28. The summed E-state index contributed by atoms with van der Waals surface area (Å²) in [6.45, 7) is 9.59. The zero-order valence-electron chi connectivity index (χ0n) is 8.69. The van der Waals surface area contributed by atoms with Gasteiger partial charge in [0.25, 0.3) is 0 Å². The van der Waals surface area contributed by atoms with Gasteiger partial charge in [0.05, 0.1) is 6.54 Å². The van der Waals surface area contributed by atoms with Crippen molar-refractivity contribution in [3.63, 3.8) is 0 Å². The fraction of sp³-hybridized carbons (Fsp3) is 0.900. The van der Waals surface area contributed by atoms with E-state index in [1.165, 1.54) is 52.1 Å². The Hall–Kier alpha value is -0.610. The third-order valence-corrected chi connectivity index (χ3v) is 2.90. The normalized spacial score (nSPS) is 34.3. The Balaban J connectivity index is 0.000000128. The van der Waals surface area contributed by atoms with Crippen molar-refractivity contribution in [2.24, 2.45) is 4.99 Å². The van der Waals surface area contributed by atoms with Crippen LogP contribution in [0.25, 0.3) is 0 Å². The zero-order chi connectivity index (χ0) is 9.64. The molecule has 2 bridgehead atoms. The van der Waals surface area contributed by atoms with E-state index in [4.69, 9.17) is 0 Å². The van der Waals surface area contributed by atoms with Crippen LogP contribution in [0.4, 0.5) is 0 Å². The number of ether oxygens (including phenoxy) is 1. The van der Waals surface area contributed by atoms with Gasteiger partial charge in [0.1, 0.15) is 6.61 Å². The predicted molar refractivity (Wildman–Crippen MR) is 56.8 cm³/mol. The van der Waals surface area contributed by atoms with Crippen LogP contribution < -0.4 is 0 Å². The maximum atomic E-state index is 4.65. The Morgan fingerprint density at radius 1 is 0.929 bits per heavy atom. The van der Waals surface area contributed by atoms with Crippen molar-refractivity contribution >= 4 is 6.40 Å². The van der Waals surface area contributed by atoms with Gasteiger partial charge in [-0.1, -0.05) is 0 Å². The van der Waals surface area contributed by atoms with Gasteiger partial charge in [-0.25, -0.2) is 0 Å². The van der Waals surface area contributed by atoms with Gasteiger partial charge < -0.3 is 14.5 Å². The van der Waals surface area contributed by atoms with Gasteiger partial charge >= 0.3 is 0 Å². The molecular formula is C10H19N3O. The van der Waals surface area contributed by atoms with Crippen molar-refractivity contribution in [1.29, 1.82) is 0 Å². The van der Waals surface area contributed by atoms with E-state index in [0.29, 0.717) is 0 Å². The van der Waals surface area contributed by atoms with Crippen LogP contribution in [0.5, 0.6) is 0 Å². The molecular weight excluding hydrogens is 178 g/mol. The third kappa shape index (κ3) is 2.96. The minimum absolute atomic E-state index is 0.778. The molecule has 4 aliphatic rings. The topological polar surface area (TPSA) is 28.1 Å². The van der Waals surface area contributed by atoms with Crippen LogP contribution in [0, 0.1) is 0 Å². The minimum Gasteiger partial charge on any atom is -0.482 e. The van der Waals surface area contributed by atoms with Gasteiger partial charge in [-0.2, -0.15) is 0 Å². The fourth-order valence-electron chi connectivity index (χ4n) is 2.02. The lowest BCUT2D eigenvalue weighted by Crippen LogP contribution is -2.42. The average molecular weight is 197 g/mol. The molecule has 4 heteroatoms. The second kappa shape index (κ2) is 5.32. The summed E-state index contributed by atoms with van der Waals surface area (Å²) in [7, 11) is 0. The molecule has 0 spiro atoms. The van der Waals surface area contributed by atoms with Crippen molar-refractivity contribution in [3.05, 3.63) is 0 Å². The molecule has 0 amide bonds. The molecule has 0 aromatic heterocycles. The largest absolute Gasteiger partial charge is 0.482 e. The molecule has 0 aromatic carbocycles. The summed E-state index contributed by atoms with van der Waals surface area (Å²) in [5.74, 6) is 0. The average Bonchev–Trinajstić information content (AvgIpc) is 2.65. The Morgan fingerprint density at radius 2 is 1.57 bits per heavy atom. The summed E-state index contributed by atoms with van der Waals surface area (Å²) < 4.78 is 4.65. The summed E-state index contributed by atoms with van der Waals surface area (Å²) in [5.41, 5.74) is 0. The molecule has 3 saturated heterocycles. The quantitative estimate of drug-likeness (QED) is 0.549. The number of rotatable bonds is 0. The van der Waals surface area contributed by atoms with E-state index in [-0.39, 0.29) is 0 Å². The summed E-state index contributed by atoms with van der Waals surface area (Å²) in [5, 5.41) is 0. The SMILES string of the molecule is C1=NCCO1.C1CN2CCN(C1)CC2. The van der Waals surface area contributed by atoms with E-state index >= 15 is 0 Å². The van der Waals surface area contributed by atoms with Crippen molar-refractivity contribution in [2.75, 3.05) is 52.4 Å². The Kier molecular flexibility index (Phi) is 3.77. The van der Waals surface area contributed by atoms with E-state index in [1.54, 1.807) is 0 Å². The number of fused-ring (bicyclic) bond motifs is 4.